The summed E-state index contributed by atoms with van der Waals surface area (Å²) in [5, 5.41) is 14.0. The fourth-order valence-corrected chi connectivity index (χ4v) is 2.66. The molecular weight excluding hydrogens is 268 g/mol. The summed E-state index contributed by atoms with van der Waals surface area (Å²) in [5.41, 5.74) is 0.806. The SMILES string of the molecule is Oc1c(C2CCNCC2)cc(Cl)c(Cl)c1Cl. The number of hydrogen-bond donors (Lipinski definition) is 2. The third kappa shape index (κ3) is 2.25. The molecule has 0 radical (unpaired) electrons. The molecular formula is C11H12Cl3NO. The predicted octanol–water partition coefficient (Wildman–Crippen LogP) is 3.82. The summed E-state index contributed by atoms with van der Waals surface area (Å²) in [4.78, 5) is 0. The van der Waals surface area contributed by atoms with E-state index in [0.717, 1.165) is 31.5 Å². The molecule has 1 aliphatic heterocycles. The van der Waals surface area contributed by atoms with Gasteiger partial charge in [0.2, 0.25) is 0 Å². The van der Waals surface area contributed by atoms with Crippen molar-refractivity contribution in [3.8, 4) is 5.75 Å². The van der Waals surface area contributed by atoms with Gasteiger partial charge in [0.15, 0.2) is 0 Å². The van der Waals surface area contributed by atoms with E-state index in [0.29, 0.717) is 10.9 Å². The van der Waals surface area contributed by atoms with Crippen LogP contribution >= 0.6 is 34.8 Å². The van der Waals surface area contributed by atoms with Gasteiger partial charge >= 0.3 is 0 Å². The maximum Gasteiger partial charge on any atom is 0.139 e. The molecule has 1 fully saturated rings. The Balaban J connectivity index is 2.40. The van der Waals surface area contributed by atoms with Crippen LogP contribution in [-0.4, -0.2) is 18.2 Å². The fraction of sp³-hybridized carbons (Fsp3) is 0.455. The summed E-state index contributed by atoms with van der Waals surface area (Å²) in [6.07, 6.45) is 1.95. The highest BCUT2D eigenvalue weighted by atomic mass is 35.5. The van der Waals surface area contributed by atoms with E-state index < -0.39 is 0 Å². The van der Waals surface area contributed by atoms with Gasteiger partial charge in [-0.3, -0.25) is 0 Å². The van der Waals surface area contributed by atoms with Crippen LogP contribution in [0, 0.1) is 0 Å². The minimum Gasteiger partial charge on any atom is -0.506 e. The van der Waals surface area contributed by atoms with Gasteiger partial charge in [-0.1, -0.05) is 34.8 Å². The highest BCUT2D eigenvalue weighted by molar-refractivity contribution is 6.48. The van der Waals surface area contributed by atoms with Crippen molar-refractivity contribution in [3.63, 3.8) is 0 Å². The lowest BCUT2D eigenvalue weighted by molar-refractivity contribution is 0.425. The number of piperidine rings is 1. The summed E-state index contributed by atoms with van der Waals surface area (Å²) < 4.78 is 0. The smallest absolute Gasteiger partial charge is 0.139 e. The topological polar surface area (TPSA) is 32.3 Å². The van der Waals surface area contributed by atoms with Crippen LogP contribution in [-0.2, 0) is 0 Å². The zero-order valence-corrected chi connectivity index (χ0v) is 10.8. The third-order valence-electron chi connectivity index (χ3n) is 2.94. The molecule has 5 heteroatoms. The minimum atomic E-state index is 0.0722. The summed E-state index contributed by atoms with van der Waals surface area (Å²) in [6.45, 7) is 1.89. The van der Waals surface area contributed by atoms with Crippen LogP contribution in [0.2, 0.25) is 15.1 Å². The van der Waals surface area contributed by atoms with Crippen LogP contribution in [0.25, 0.3) is 0 Å². The first-order valence-corrected chi connectivity index (χ1v) is 6.31. The molecule has 1 aromatic carbocycles. The molecule has 0 spiro atoms. The first kappa shape index (κ1) is 12.3. The van der Waals surface area contributed by atoms with E-state index in [2.05, 4.69) is 5.32 Å². The van der Waals surface area contributed by atoms with Crippen molar-refractivity contribution >= 4 is 34.8 Å². The molecule has 0 aliphatic carbocycles. The van der Waals surface area contributed by atoms with Gasteiger partial charge in [-0.25, -0.2) is 0 Å². The molecule has 0 aromatic heterocycles. The standard InChI is InChI=1S/C11H12Cl3NO/c12-8-5-7(6-1-3-15-4-2-6)11(16)10(14)9(8)13/h5-6,15-16H,1-4H2. The summed E-state index contributed by atoms with van der Waals surface area (Å²) in [6, 6.07) is 1.72. The monoisotopic (exact) mass is 279 g/mol. The highest BCUT2D eigenvalue weighted by Crippen LogP contribution is 2.43. The molecule has 2 N–H and O–H groups in total. The van der Waals surface area contributed by atoms with E-state index in [1.807, 2.05) is 0 Å². The van der Waals surface area contributed by atoms with Gasteiger partial charge < -0.3 is 10.4 Å². The van der Waals surface area contributed by atoms with Crippen LogP contribution in [0.3, 0.4) is 0 Å². The van der Waals surface area contributed by atoms with Gasteiger partial charge in [0.05, 0.1) is 10.0 Å². The Bertz CT molecular complexity index is 403. The molecule has 0 atom stereocenters. The molecule has 0 unspecified atom stereocenters. The van der Waals surface area contributed by atoms with Crippen molar-refractivity contribution in [1.29, 1.82) is 0 Å². The van der Waals surface area contributed by atoms with Gasteiger partial charge in [0.1, 0.15) is 10.8 Å². The maximum absolute atomic E-state index is 9.96. The predicted molar refractivity (Wildman–Crippen MR) is 68.0 cm³/mol. The largest absolute Gasteiger partial charge is 0.506 e. The second-order valence-corrected chi connectivity index (χ2v) is 5.11. The first-order valence-electron chi connectivity index (χ1n) is 5.18. The Morgan fingerprint density at radius 1 is 1.12 bits per heavy atom. The number of phenolic OH excluding ortho intramolecular Hbond substituents is 1. The molecule has 1 aliphatic rings. The van der Waals surface area contributed by atoms with Gasteiger partial charge in [-0.05, 0) is 37.9 Å². The van der Waals surface area contributed by atoms with E-state index in [1.165, 1.54) is 0 Å². The quantitative estimate of drug-likeness (QED) is 0.767. The van der Waals surface area contributed by atoms with E-state index in [-0.39, 0.29) is 15.8 Å². The van der Waals surface area contributed by atoms with Crippen LogP contribution in [0.1, 0.15) is 24.3 Å². The zero-order chi connectivity index (χ0) is 11.7. The summed E-state index contributed by atoms with van der Waals surface area (Å²) in [7, 11) is 0. The maximum atomic E-state index is 9.96. The Labute approximate surface area is 110 Å². The number of rotatable bonds is 1. The lowest BCUT2D eigenvalue weighted by atomic mass is 9.89. The van der Waals surface area contributed by atoms with E-state index >= 15 is 0 Å². The van der Waals surface area contributed by atoms with Crippen molar-refractivity contribution in [2.75, 3.05) is 13.1 Å². The van der Waals surface area contributed by atoms with Crippen molar-refractivity contribution < 1.29 is 5.11 Å². The number of nitrogens with one attached hydrogen (secondary N) is 1. The van der Waals surface area contributed by atoms with Gasteiger partial charge in [-0.2, -0.15) is 0 Å². The summed E-state index contributed by atoms with van der Waals surface area (Å²) in [5.74, 6) is 0.372. The van der Waals surface area contributed by atoms with E-state index in [1.54, 1.807) is 6.07 Å². The van der Waals surface area contributed by atoms with E-state index in [4.69, 9.17) is 34.8 Å². The second-order valence-electron chi connectivity index (χ2n) is 3.95. The molecule has 88 valence electrons. The first-order chi connectivity index (χ1) is 7.61. The second kappa shape index (κ2) is 5.01. The number of phenols is 1. The highest BCUT2D eigenvalue weighted by Gasteiger charge is 2.22. The van der Waals surface area contributed by atoms with Crippen LogP contribution in [0.4, 0.5) is 0 Å². The fourth-order valence-electron chi connectivity index (χ4n) is 2.05. The molecule has 1 heterocycles. The van der Waals surface area contributed by atoms with Crippen molar-refractivity contribution in [1.82, 2.24) is 5.32 Å². The Hall–Kier alpha value is -0.150. The number of aromatic hydroxyl groups is 1. The van der Waals surface area contributed by atoms with Gasteiger partial charge in [-0.15, -0.1) is 0 Å². The third-order valence-corrected chi connectivity index (χ3v) is 4.20. The van der Waals surface area contributed by atoms with Crippen molar-refractivity contribution in [2.24, 2.45) is 0 Å². The van der Waals surface area contributed by atoms with E-state index in [9.17, 15) is 5.11 Å². The Morgan fingerprint density at radius 3 is 2.38 bits per heavy atom. The van der Waals surface area contributed by atoms with Crippen LogP contribution in [0.15, 0.2) is 6.07 Å². The normalized spacial score (nSPS) is 17.7. The number of hydrogen-bond acceptors (Lipinski definition) is 2. The zero-order valence-electron chi connectivity index (χ0n) is 8.56. The molecule has 0 amide bonds. The molecule has 0 saturated carbocycles. The number of benzene rings is 1. The molecule has 2 nitrogen and oxygen atoms in total. The lowest BCUT2D eigenvalue weighted by Gasteiger charge is -2.24. The summed E-state index contributed by atoms with van der Waals surface area (Å²) >= 11 is 17.8. The molecule has 16 heavy (non-hydrogen) atoms. The molecule has 0 bridgehead atoms. The Kier molecular flexibility index (Phi) is 3.85. The average Bonchev–Trinajstić information content (AvgIpc) is 2.32. The average molecular weight is 281 g/mol. The van der Waals surface area contributed by atoms with Crippen LogP contribution in [0.5, 0.6) is 5.75 Å². The molecule has 1 saturated heterocycles. The lowest BCUT2D eigenvalue weighted by Crippen LogP contribution is -2.26. The Morgan fingerprint density at radius 2 is 1.75 bits per heavy atom. The molecule has 2 rings (SSSR count). The van der Waals surface area contributed by atoms with Crippen molar-refractivity contribution in [2.45, 2.75) is 18.8 Å². The van der Waals surface area contributed by atoms with Crippen molar-refractivity contribution in [3.05, 3.63) is 26.7 Å². The van der Waals surface area contributed by atoms with Gasteiger partial charge in [0, 0.05) is 5.56 Å². The van der Waals surface area contributed by atoms with Crippen LogP contribution < -0.4 is 5.32 Å². The van der Waals surface area contributed by atoms with Gasteiger partial charge in [0.25, 0.3) is 0 Å². The molecule has 1 aromatic rings. The minimum absolute atomic E-state index is 0.0722. The number of halogens is 3.